The molecule has 1 fully saturated rings. The SMILES string of the molecule is CCOC(=O)/C=C/[C](=[Cr])N1CCCC1.[C-]#[O+].[C-]#[O+].[C-]#[O+].[C-]#[O+].[C-]#[O+]. The molecule has 0 saturated carbocycles. The average Bonchev–Trinajstić information content (AvgIpc) is 3.23. The number of carbonyl (C=O) groups is 1. The fourth-order valence-electron chi connectivity index (χ4n) is 1.37. The van der Waals surface area contributed by atoms with E-state index in [1.165, 1.54) is 18.9 Å². The summed E-state index contributed by atoms with van der Waals surface area (Å²) in [6.45, 7) is 26.9. The predicted octanol–water partition coefficient (Wildman–Crippen LogP) is 0.691. The molecule has 128 valence electrons. The molecule has 0 aromatic heterocycles. The molecule has 1 rings (SSSR count). The first-order valence-electron chi connectivity index (χ1n) is 5.90. The fraction of sp³-hybridized carbons (Fsp3) is 0.400. The molecule has 0 aromatic carbocycles. The van der Waals surface area contributed by atoms with Crippen molar-refractivity contribution in [1.29, 1.82) is 0 Å². The van der Waals surface area contributed by atoms with Crippen LogP contribution in [0.2, 0.25) is 0 Å². The quantitative estimate of drug-likeness (QED) is 0.311. The minimum atomic E-state index is -0.278. The fourth-order valence-corrected chi connectivity index (χ4v) is 1.76. The van der Waals surface area contributed by atoms with Crippen molar-refractivity contribution >= 4 is 10.5 Å². The summed E-state index contributed by atoms with van der Waals surface area (Å²) in [6.07, 6.45) is 5.72. The van der Waals surface area contributed by atoms with Crippen molar-refractivity contribution in [3.63, 3.8) is 0 Å². The number of nitrogens with zero attached hydrogens (tertiary/aromatic N) is 1. The molecule has 0 N–H and O–H groups in total. The molecular formula is C15H15CrNO7. The maximum atomic E-state index is 11.0. The average molecular weight is 373 g/mol. The Labute approximate surface area is 149 Å². The maximum absolute atomic E-state index is 11.0. The third kappa shape index (κ3) is 25.2. The van der Waals surface area contributed by atoms with E-state index in [1.54, 1.807) is 13.0 Å². The van der Waals surface area contributed by atoms with E-state index in [4.69, 9.17) is 28.0 Å². The van der Waals surface area contributed by atoms with E-state index in [0.717, 1.165) is 17.6 Å². The summed E-state index contributed by atoms with van der Waals surface area (Å²) in [5.41, 5.74) is 0. The van der Waals surface area contributed by atoms with Crippen LogP contribution in [0.1, 0.15) is 19.8 Å². The summed E-state index contributed by atoms with van der Waals surface area (Å²) in [7, 11) is 0. The van der Waals surface area contributed by atoms with E-state index in [1.807, 2.05) is 0 Å². The molecule has 0 aliphatic carbocycles. The van der Waals surface area contributed by atoms with Gasteiger partial charge in [0.15, 0.2) is 0 Å². The van der Waals surface area contributed by atoms with Crippen LogP contribution in [0.4, 0.5) is 0 Å². The molecule has 0 unspecified atom stereocenters. The van der Waals surface area contributed by atoms with Crippen LogP contribution in [0.3, 0.4) is 0 Å². The number of esters is 1. The molecule has 0 amide bonds. The summed E-state index contributed by atoms with van der Waals surface area (Å²) < 4.78 is 43.3. The van der Waals surface area contributed by atoms with Crippen LogP contribution in [0.5, 0.6) is 0 Å². The van der Waals surface area contributed by atoms with Gasteiger partial charge in [-0.2, -0.15) is 0 Å². The third-order valence-corrected chi connectivity index (χ3v) is 2.68. The summed E-state index contributed by atoms with van der Waals surface area (Å²) in [5.74, 6) is -0.278. The Bertz CT molecular complexity index is 395. The summed E-state index contributed by atoms with van der Waals surface area (Å²) in [4.78, 5) is 13.2. The predicted molar refractivity (Wildman–Crippen MR) is 71.2 cm³/mol. The summed E-state index contributed by atoms with van der Waals surface area (Å²) in [6, 6.07) is 0. The number of likely N-dealkylation sites (tertiary alicyclic amines) is 1. The number of hydrogen-bond donors (Lipinski definition) is 0. The Kier molecular flexibility index (Phi) is 52.8. The number of rotatable bonds is 4. The van der Waals surface area contributed by atoms with E-state index < -0.39 is 0 Å². The Morgan fingerprint density at radius 2 is 1.33 bits per heavy atom. The molecule has 0 bridgehead atoms. The van der Waals surface area contributed by atoms with Crippen molar-refractivity contribution < 1.29 is 48.6 Å². The van der Waals surface area contributed by atoms with Crippen LogP contribution >= 0.6 is 0 Å². The molecule has 24 heavy (non-hydrogen) atoms. The van der Waals surface area contributed by atoms with Gasteiger partial charge in [-0.25, -0.2) is 0 Å². The molecule has 0 aromatic rings. The van der Waals surface area contributed by atoms with Gasteiger partial charge in [0.25, 0.3) is 0 Å². The first kappa shape index (κ1) is 33.8. The second-order valence-corrected chi connectivity index (χ2v) is 3.77. The zero-order valence-corrected chi connectivity index (χ0v) is 14.2. The van der Waals surface area contributed by atoms with Crippen molar-refractivity contribution in [2.75, 3.05) is 19.7 Å². The van der Waals surface area contributed by atoms with Gasteiger partial charge >= 0.3 is 149 Å². The van der Waals surface area contributed by atoms with Crippen molar-refractivity contribution in [1.82, 2.24) is 4.90 Å². The molecule has 8 nitrogen and oxygen atoms in total. The molecule has 9 heteroatoms. The van der Waals surface area contributed by atoms with Crippen molar-refractivity contribution in [3.8, 4) is 0 Å². The first-order chi connectivity index (χ1) is 11.7. The van der Waals surface area contributed by atoms with Crippen LogP contribution in [0.15, 0.2) is 12.2 Å². The topological polar surface area (TPSA) is 129 Å². The molecule has 1 aliphatic rings. The molecule has 1 heterocycles. The van der Waals surface area contributed by atoms with Crippen LogP contribution in [0, 0.1) is 33.3 Å². The van der Waals surface area contributed by atoms with Crippen LogP contribution in [-0.2, 0) is 48.6 Å². The van der Waals surface area contributed by atoms with Crippen LogP contribution < -0.4 is 0 Å². The second-order valence-electron chi connectivity index (χ2n) is 3.12. The molecule has 1 saturated heterocycles. The summed E-state index contributed by atoms with van der Waals surface area (Å²) >= 11 is 2.96. The van der Waals surface area contributed by atoms with E-state index in [-0.39, 0.29) is 5.97 Å². The second kappa shape index (κ2) is 37.5. The van der Waals surface area contributed by atoms with Gasteiger partial charge in [0.1, 0.15) is 0 Å². The molecule has 0 atom stereocenters. The van der Waals surface area contributed by atoms with Gasteiger partial charge in [0.05, 0.1) is 0 Å². The van der Waals surface area contributed by atoms with Gasteiger partial charge in [-0.3, -0.25) is 0 Å². The minimum absolute atomic E-state index is 0.278. The Balaban J connectivity index is -0.000000103. The van der Waals surface area contributed by atoms with Gasteiger partial charge in [-0.1, -0.05) is 0 Å². The van der Waals surface area contributed by atoms with Gasteiger partial charge in [0, 0.05) is 0 Å². The Morgan fingerprint density at radius 1 is 0.958 bits per heavy atom. The number of ether oxygens (including phenoxy) is 1. The van der Waals surface area contributed by atoms with Crippen LogP contribution in [0.25, 0.3) is 0 Å². The van der Waals surface area contributed by atoms with Crippen molar-refractivity contribution in [2.45, 2.75) is 19.8 Å². The van der Waals surface area contributed by atoms with E-state index in [2.05, 4.69) is 54.0 Å². The van der Waals surface area contributed by atoms with E-state index in [9.17, 15) is 4.79 Å². The van der Waals surface area contributed by atoms with Crippen LogP contribution in [-0.4, -0.2) is 35.1 Å². The van der Waals surface area contributed by atoms with Crippen molar-refractivity contribution in [3.05, 3.63) is 45.4 Å². The molecule has 0 radical (unpaired) electrons. The summed E-state index contributed by atoms with van der Waals surface area (Å²) in [5, 5.41) is 0. The van der Waals surface area contributed by atoms with E-state index >= 15 is 0 Å². The molecule has 0 spiro atoms. The molecule has 1 aliphatic heterocycles. The van der Waals surface area contributed by atoms with E-state index in [0.29, 0.717) is 6.61 Å². The number of hydrogen-bond acceptors (Lipinski definition) is 3. The normalized spacial score (nSPS) is 10.6. The van der Waals surface area contributed by atoms with Crippen molar-refractivity contribution in [2.24, 2.45) is 0 Å². The number of carbonyl (C=O) groups excluding carboxylic acids is 1. The standard InChI is InChI=1S/C10H15NO2.5CO.Cr/c1-2-13-10(12)6-5-9-11-7-3-4-8-11;5*1-2;/h5-6H,2-4,7-8H2,1H3;;;;;;/b6-5+;;;;;;. The van der Waals surface area contributed by atoms with Gasteiger partial charge in [-0.15, -0.1) is 0 Å². The van der Waals surface area contributed by atoms with Gasteiger partial charge in [0.2, 0.25) is 0 Å². The van der Waals surface area contributed by atoms with Gasteiger partial charge < -0.3 is 0 Å². The Hall–Kier alpha value is -1.73. The zero-order valence-electron chi connectivity index (χ0n) is 12.9. The van der Waals surface area contributed by atoms with Gasteiger partial charge in [-0.05, 0) is 0 Å². The molecular weight excluding hydrogens is 358 g/mol. The first-order valence-corrected chi connectivity index (χ1v) is 6.53. The zero-order chi connectivity index (χ0) is 20.4. The Morgan fingerprint density at radius 3 is 1.67 bits per heavy atom. The monoisotopic (exact) mass is 373 g/mol. The third-order valence-electron chi connectivity index (χ3n) is 2.07.